The molecule has 2 rings (SSSR count). The molecule has 1 aliphatic heterocycles. The Kier molecular flexibility index (Phi) is 4.59. The SMILES string of the molecule is CCC1CCCN(c2cc(CNC)cc(C)n2)C1. The van der Waals surface area contributed by atoms with Gasteiger partial charge in [0.05, 0.1) is 0 Å². The van der Waals surface area contributed by atoms with Crippen LogP contribution in [0.25, 0.3) is 0 Å². The van der Waals surface area contributed by atoms with Crippen LogP contribution in [-0.4, -0.2) is 25.1 Å². The fraction of sp³-hybridized carbons (Fsp3) is 0.667. The van der Waals surface area contributed by atoms with Gasteiger partial charge < -0.3 is 10.2 Å². The third-order valence-corrected chi connectivity index (χ3v) is 3.80. The number of hydrogen-bond donors (Lipinski definition) is 1. The van der Waals surface area contributed by atoms with Crippen molar-refractivity contribution in [3.8, 4) is 0 Å². The summed E-state index contributed by atoms with van der Waals surface area (Å²) in [5.41, 5.74) is 2.45. The number of hydrogen-bond acceptors (Lipinski definition) is 3. The molecule has 1 saturated heterocycles. The van der Waals surface area contributed by atoms with Gasteiger partial charge >= 0.3 is 0 Å². The molecule has 0 bridgehead atoms. The molecule has 1 aromatic heterocycles. The van der Waals surface area contributed by atoms with Gasteiger partial charge in [0.2, 0.25) is 0 Å². The van der Waals surface area contributed by atoms with E-state index >= 15 is 0 Å². The number of rotatable bonds is 4. The highest BCUT2D eigenvalue weighted by atomic mass is 15.2. The molecule has 1 unspecified atom stereocenters. The molecule has 0 saturated carbocycles. The molecule has 3 heteroatoms. The van der Waals surface area contributed by atoms with Crippen LogP contribution in [0.3, 0.4) is 0 Å². The van der Waals surface area contributed by atoms with Crippen molar-refractivity contribution >= 4 is 5.82 Å². The Labute approximate surface area is 111 Å². The summed E-state index contributed by atoms with van der Waals surface area (Å²) in [6.07, 6.45) is 3.96. The number of aromatic nitrogens is 1. The summed E-state index contributed by atoms with van der Waals surface area (Å²) in [5, 5.41) is 3.22. The maximum atomic E-state index is 4.71. The Hall–Kier alpha value is -1.09. The van der Waals surface area contributed by atoms with Gasteiger partial charge in [0.15, 0.2) is 0 Å². The molecule has 2 heterocycles. The van der Waals surface area contributed by atoms with Crippen LogP contribution < -0.4 is 10.2 Å². The first-order chi connectivity index (χ1) is 8.72. The van der Waals surface area contributed by atoms with Crippen molar-refractivity contribution in [2.45, 2.75) is 39.7 Å². The Morgan fingerprint density at radius 2 is 2.28 bits per heavy atom. The van der Waals surface area contributed by atoms with E-state index in [1.54, 1.807) is 0 Å². The summed E-state index contributed by atoms with van der Waals surface area (Å²) in [6.45, 7) is 7.63. The van der Waals surface area contributed by atoms with Crippen LogP contribution in [0.1, 0.15) is 37.4 Å². The van der Waals surface area contributed by atoms with Crippen LogP contribution in [0.4, 0.5) is 5.82 Å². The minimum absolute atomic E-state index is 0.841. The lowest BCUT2D eigenvalue weighted by Crippen LogP contribution is -2.35. The first-order valence-corrected chi connectivity index (χ1v) is 7.10. The molecule has 18 heavy (non-hydrogen) atoms. The van der Waals surface area contributed by atoms with E-state index in [1.165, 1.54) is 37.2 Å². The van der Waals surface area contributed by atoms with Crippen LogP contribution in [0, 0.1) is 12.8 Å². The predicted octanol–water partition coefficient (Wildman–Crippen LogP) is 2.74. The molecular weight excluding hydrogens is 222 g/mol. The molecule has 0 spiro atoms. The van der Waals surface area contributed by atoms with Gasteiger partial charge in [-0.15, -0.1) is 0 Å². The standard InChI is InChI=1S/C15H25N3/c1-4-13-6-5-7-18(11-13)15-9-14(10-16-3)8-12(2)17-15/h8-9,13,16H,4-7,10-11H2,1-3H3. The van der Waals surface area contributed by atoms with Crippen molar-refractivity contribution in [3.05, 3.63) is 23.4 Å². The average Bonchev–Trinajstić information content (AvgIpc) is 2.38. The third-order valence-electron chi connectivity index (χ3n) is 3.80. The molecule has 100 valence electrons. The first kappa shape index (κ1) is 13.3. The Morgan fingerprint density at radius 3 is 3.00 bits per heavy atom. The maximum Gasteiger partial charge on any atom is 0.129 e. The van der Waals surface area contributed by atoms with E-state index in [0.717, 1.165) is 24.7 Å². The number of anilines is 1. The fourth-order valence-corrected chi connectivity index (χ4v) is 2.80. The first-order valence-electron chi connectivity index (χ1n) is 7.10. The normalized spacial score (nSPS) is 20.2. The van der Waals surface area contributed by atoms with E-state index in [-0.39, 0.29) is 0 Å². The van der Waals surface area contributed by atoms with Crippen LogP contribution in [-0.2, 0) is 6.54 Å². The van der Waals surface area contributed by atoms with Gasteiger partial charge in [-0.05, 0) is 50.4 Å². The van der Waals surface area contributed by atoms with Gasteiger partial charge in [-0.3, -0.25) is 0 Å². The van der Waals surface area contributed by atoms with Crippen molar-refractivity contribution in [1.82, 2.24) is 10.3 Å². The number of pyridine rings is 1. The molecule has 1 atom stereocenters. The Morgan fingerprint density at radius 1 is 1.44 bits per heavy atom. The summed E-state index contributed by atoms with van der Waals surface area (Å²) in [7, 11) is 1.99. The Bertz CT molecular complexity index is 389. The number of nitrogens with zero attached hydrogens (tertiary/aromatic N) is 2. The topological polar surface area (TPSA) is 28.2 Å². The van der Waals surface area contributed by atoms with E-state index in [2.05, 4.69) is 36.2 Å². The Balaban J connectivity index is 2.16. The van der Waals surface area contributed by atoms with Crippen molar-refractivity contribution in [3.63, 3.8) is 0 Å². The molecule has 1 N–H and O–H groups in total. The largest absolute Gasteiger partial charge is 0.356 e. The van der Waals surface area contributed by atoms with Gasteiger partial charge in [0.1, 0.15) is 5.82 Å². The van der Waals surface area contributed by atoms with Crippen molar-refractivity contribution in [2.24, 2.45) is 5.92 Å². The van der Waals surface area contributed by atoms with Gasteiger partial charge in [0, 0.05) is 25.3 Å². The lowest BCUT2D eigenvalue weighted by atomic mass is 9.95. The molecule has 0 aromatic carbocycles. The minimum Gasteiger partial charge on any atom is -0.356 e. The summed E-state index contributed by atoms with van der Waals surface area (Å²) in [6, 6.07) is 4.41. The third kappa shape index (κ3) is 3.22. The van der Waals surface area contributed by atoms with Crippen LogP contribution in [0.2, 0.25) is 0 Å². The fourth-order valence-electron chi connectivity index (χ4n) is 2.80. The number of nitrogens with one attached hydrogen (secondary N) is 1. The van der Waals surface area contributed by atoms with E-state index < -0.39 is 0 Å². The van der Waals surface area contributed by atoms with Crippen molar-refractivity contribution < 1.29 is 0 Å². The second kappa shape index (κ2) is 6.19. The minimum atomic E-state index is 0.841. The zero-order valence-corrected chi connectivity index (χ0v) is 11.9. The smallest absolute Gasteiger partial charge is 0.129 e. The molecule has 0 radical (unpaired) electrons. The van der Waals surface area contributed by atoms with Gasteiger partial charge in [-0.25, -0.2) is 4.98 Å². The highest BCUT2D eigenvalue weighted by Gasteiger charge is 2.19. The molecule has 3 nitrogen and oxygen atoms in total. The zero-order valence-electron chi connectivity index (χ0n) is 11.9. The monoisotopic (exact) mass is 247 g/mol. The van der Waals surface area contributed by atoms with Gasteiger partial charge in [0.25, 0.3) is 0 Å². The molecule has 1 aliphatic rings. The van der Waals surface area contributed by atoms with Crippen molar-refractivity contribution in [2.75, 3.05) is 25.0 Å². The summed E-state index contributed by atoms with van der Waals surface area (Å²) in [4.78, 5) is 7.17. The van der Waals surface area contributed by atoms with E-state index in [4.69, 9.17) is 4.98 Å². The van der Waals surface area contributed by atoms with Crippen molar-refractivity contribution in [1.29, 1.82) is 0 Å². The zero-order chi connectivity index (χ0) is 13.0. The molecule has 0 aliphatic carbocycles. The van der Waals surface area contributed by atoms with Crippen LogP contribution >= 0.6 is 0 Å². The molecule has 0 amide bonds. The summed E-state index contributed by atoms with van der Waals surface area (Å²) < 4.78 is 0. The molecular formula is C15H25N3. The van der Waals surface area contributed by atoms with E-state index in [9.17, 15) is 0 Å². The summed E-state index contributed by atoms with van der Waals surface area (Å²) >= 11 is 0. The van der Waals surface area contributed by atoms with E-state index in [1.807, 2.05) is 7.05 Å². The van der Waals surface area contributed by atoms with Gasteiger partial charge in [-0.2, -0.15) is 0 Å². The quantitative estimate of drug-likeness (QED) is 0.886. The van der Waals surface area contributed by atoms with E-state index in [0.29, 0.717) is 0 Å². The van der Waals surface area contributed by atoms with Crippen LogP contribution in [0.5, 0.6) is 0 Å². The van der Waals surface area contributed by atoms with Crippen LogP contribution in [0.15, 0.2) is 12.1 Å². The lowest BCUT2D eigenvalue weighted by Gasteiger charge is -2.33. The second-order valence-electron chi connectivity index (χ2n) is 5.37. The average molecular weight is 247 g/mol. The number of aryl methyl sites for hydroxylation is 1. The molecule has 1 aromatic rings. The summed E-state index contributed by atoms with van der Waals surface area (Å²) in [5.74, 6) is 2.01. The molecule has 1 fully saturated rings. The lowest BCUT2D eigenvalue weighted by molar-refractivity contribution is 0.403. The predicted molar refractivity (Wildman–Crippen MR) is 77.0 cm³/mol. The highest BCUT2D eigenvalue weighted by molar-refractivity contribution is 5.43. The highest BCUT2D eigenvalue weighted by Crippen LogP contribution is 2.24. The maximum absolute atomic E-state index is 4.71. The number of piperidine rings is 1. The second-order valence-corrected chi connectivity index (χ2v) is 5.37. The van der Waals surface area contributed by atoms with Gasteiger partial charge in [-0.1, -0.05) is 13.3 Å².